The highest BCUT2D eigenvalue weighted by molar-refractivity contribution is 6.23. The number of nitrogens with zero attached hydrogens (tertiary/aromatic N) is 3. The fourth-order valence-corrected chi connectivity index (χ4v) is 6.04. The van der Waals surface area contributed by atoms with Crippen LogP contribution in [0.3, 0.4) is 0 Å². The zero-order valence-electron chi connectivity index (χ0n) is 27.5. The van der Waals surface area contributed by atoms with Gasteiger partial charge >= 0.3 is 0 Å². The molecule has 2 aliphatic heterocycles. The van der Waals surface area contributed by atoms with Crippen molar-refractivity contribution in [1.82, 2.24) is 24.8 Å². The molecular formula is C35H42N6O7. The number of aromatic amines is 2. The first-order valence-electron chi connectivity index (χ1n) is 16.5. The van der Waals surface area contributed by atoms with Crippen LogP contribution in [-0.2, 0) is 0 Å². The lowest BCUT2D eigenvalue weighted by atomic mass is 10.0. The van der Waals surface area contributed by atoms with Gasteiger partial charge in [-0.2, -0.15) is 0 Å². The molecule has 1 atom stereocenters. The zero-order chi connectivity index (χ0) is 33.8. The number of nitrogens with one attached hydrogen (secondary N) is 3. The van der Waals surface area contributed by atoms with E-state index in [2.05, 4.69) is 25.2 Å². The number of aliphatic hydroxyl groups is 1. The van der Waals surface area contributed by atoms with Gasteiger partial charge in [0.2, 0.25) is 0 Å². The average Bonchev–Trinajstić information content (AvgIpc) is 3.60. The van der Waals surface area contributed by atoms with Crippen molar-refractivity contribution in [3.8, 4) is 28.6 Å². The van der Waals surface area contributed by atoms with E-state index < -0.39 is 11.7 Å². The largest absolute Gasteiger partial charge is 0.493 e. The number of imidazole rings is 1. The monoisotopic (exact) mass is 658 g/mol. The van der Waals surface area contributed by atoms with Gasteiger partial charge in [-0.1, -0.05) is 13.8 Å². The number of H-pyrrole nitrogens is 2. The highest BCUT2D eigenvalue weighted by Gasteiger charge is 2.41. The number of benzene rings is 2. The Labute approximate surface area is 278 Å². The van der Waals surface area contributed by atoms with Crippen LogP contribution in [0.15, 0.2) is 47.4 Å². The third kappa shape index (κ3) is 7.02. The summed E-state index contributed by atoms with van der Waals surface area (Å²) in [6.45, 7) is 6.87. The van der Waals surface area contributed by atoms with Gasteiger partial charge < -0.3 is 39.5 Å². The molecule has 13 nitrogen and oxygen atoms in total. The highest BCUT2D eigenvalue weighted by atomic mass is 16.5. The summed E-state index contributed by atoms with van der Waals surface area (Å²) in [7, 11) is 2.03. The predicted molar refractivity (Wildman–Crippen MR) is 181 cm³/mol. The number of carbonyl (C=O) groups excluding carboxylic acids is 2. The molecule has 0 bridgehead atoms. The van der Waals surface area contributed by atoms with Crippen LogP contribution in [0.2, 0.25) is 0 Å². The molecule has 0 aliphatic carbocycles. The molecule has 4 N–H and O–H groups in total. The molecule has 1 saturated heterocycles. The van der Waals surface area contributed by atoms with Gasteiger partial charge in [-0.3, -0.25) is 19.3 Å². The number of ether oxygens (including phenoxy) is 3. The number of hydrogen-bond acceptors (Lipinski definition) is 10. The SMILES string of the molecule is CCCOc1cc(OCCC)cc(OCC(O)CNc2cc[nH]c(=O)c2-c2nc3cc4c(cc3[nH]2)C(=O)N(C2CCN(C)CC2)C4=O)c1. The average molecular weight is 659 g/mol. The fraction of sp³-hybridized carbons (Fsp3) is 0.429. The van der Waals surface area contributed by atoms with Gasteiger partial charge in [0, 0.05) is 37.0 Å². The fourth-order valence-electron chi connectivity index (χ4n) is 6.04. The van der Waals surface area contributed by atoms with Gasteiger partial charge in [0.1, 0.15) is 41.3 Å². The highest BCUT2D eigenvalue weighted by Crippen LogP contribution is 2.33. The lowest BCUT2D eigenvalue weighted by molar-refractivity contribution is 0.0516. The molecule has 0 saturated carbocycles. The smallest absolute Gasteiger partial charge is 0.261 e. The molecule has 2 aliphatic rings. The molecule has 2 aromatic carbocycles. The first-order chi connectivity index (χ1) is 23.2. The molecule has 1 fully saturated rings. The van der Waals surface area contributed by atoms with Crippen LogP contribution < -0.4 is 25.1 Å². The van der Waals surface area contributed by atoms with E-state index in [4.69, 9.17) is 14.2 Å². The van der Waals surface area contributed by atoms with Crippen molar-refractivity contribution in [3.63, 3.8) is 0 Å². The van der Waals surface area contributed by atoms with E-state index >= 15 is 0 Å². The maximum Gasteiger partial charge on any atom is 0.261 e. The number of imide groups is 1. The molecule has 0 spiro atoms. The molecule has 1 unspecified atom stereocenters. The molecule has 13 heteroatoms. The second kappa shape index (κ2) is 14.5. The number of aliphatic hydroxyl groups excluding tert-OH is 1. The van der Waals surface area contributed by atoms with Crippen LogP contribution in [0.1, 0.15) is 60.2 Å². The number of likely N-dealkylation sites (tertiary alicyclic amines) is 1. The van der Waals surface area contributed by atoms with E-state index in [1.54, 1.807) is 30.3 Å². The topological polar surface area (TPSA) is 162 Å². The second-order valence-electron chi connectivity index (χ2n) is 12.3. The van der Waals surface area contributed by atoms with Crippen molar-refractivity contribution in [3.05, 3.63) is 64.1 Å². The van der Waals surface area contributed by atoms with Crippen molar-refractivity contribution in [2.24, 2.45) is 0 Å². The summed E-state index contributed by atoms with van der Waals surface area (Å²) in [5, 5.41) is 13.9. The third-order valence-electron chi connectivity index (χ3n) is 8.54. The van der Waals surface area contributed by atoms with Crippen molar-refractivity contribution in [2.75, 3.05) is 51.8 Å². The van der Waals surface area contributed by atoms with Crippen molar-refractivity contribution in [2.45, 2.75) is 51.7 Å². The van der Waals surface area contributed by atoms with E-state index in [9.17, 15) is 19.5 Å². The van der Waals surface area contributed by atoms with Crippen LogP contribution in [0.5, 0.6) is 17.2 Å². The molecule has 4 heterocycles. The Hall–Kier alpha value is -4.88. The Kier molecular flexibility index (Phi) is 9.97. The van der Waals surface area contributed by atoms with Crippen LogP contribution in [0.4, 0.5) is 5.69 Å². The van der Waals surface area contributed by atoms with Gasteiger partial charge in [-0.05, 0) is 64.0 Å². The summed E-state index contributed by atoms with van der Waals surface area (Å²) < 4.78 is 17.4. The number of pyridine rings is 1. The summed E-state index contributed by atoms with van der Waals surface area (Å²) >= 11 is 0. The number of fused-ring (bicyclic) bond motifs is 2. The minimum Gasteiger partial charge on any atom is -0.493 e. The quantitative estimate of drug-likeness (QED) is 0.146. The van der Waals surface area contributed by atoms with Gasteiger partial charge in [0.05, 0.1) is 41.1 Å². The lowest BCUT2D eigenvalue weighted by Gasteiger charge is -2.33. The van der Waals surface area contributed by atoms with Gasteiger partial charge in [0.25, 0.3) is 17.4 Å². The number of rotatable bonds is 14. The molecular weight excluding hydrogens is 616 g/mol. The number of piperidine rings is 1. The van der Waals surface area contributed by atoms with Crippen LogP contribution in [0, 0.1) is 0 Å². The van der Waals surface area contributed by atoms with E-state index in [0.29, 0.717) is 58.3 Å². The Morgan fingerprint density at radius 2 is 1.56 bits per heavy atom. The predicted octanol–water partition coefficient (Wildman–Crippen LogP) is 4.04. The molecule has 4 aromatic rings. The molecule has 6 rings (SSSR count). The summed E-state index contributed by atoms with van der Waals surface area (Å²) in [5.74, 6) is 1.41. The first kappa shape index (κ1) is 33.0. The third-order valence-corrected chi connectivity index (χ3v) is 8.54. The maximum atomic E-state index is 13.4. The van der Waals surface area contributed by atoms with Crippen molar-refractivity contribution in [1.29, 1.82) is 0 Å². The minimum atomic E-state index is -0.930. The Bertz CT molecular complexity index is 1770. The van der Waals surface area contributed by atoms with Crippen molar-refractivity contribution >= 4 is 28.5 Å². The standard InChI is InChI=1S/C35H42N6O7/c1-4-12-46-23-14-24(47-13-5-2)16-25(15-23)48-20-22(42)19-37-28-6-9-36-33(43)31(28)32-38-29-17-26-27(18-30(29)39-32)35(45)41(34(26)44)21-7-10-40(3)11-8-21/h6,9,14-18,21-22,42H,4-5,7-8,10-13,19-20H2,1-3H3,(H,38,39)(H2,36,37,43). The summed E-state index contributed by atoms with van der Waals surface area (Å²) in [6.07, 6.45) is 3.77. The van der Waals surface area contributed by atoms with Gasteiger partial charge in [-0.15, -0.1) is 0 Å². The van der Waals surface area contributed by atoms with E-state index in [1.807, 2.05) is 27.0 Å². The molecule has 2 amide bonds. The minimum absolute atomic E-state index is 0.0250. The Morgan fingerprint density at radius 1 is 0.938 bits per heavy atom. The molecule has 2 aromatic heterocycles. The number of aromatic nitrogens is 3. The Balaban J connectivity index is 1.15. The maximum absolute atomic E-state index is 13.4. The number of amides is 2. The van der Waals surface area contributed by atoms with Crippen LogP contribution >= 0.6 is 0 Å². The van der Waals surface area contributed by atoms with E-state index in [0.717, 1.165) is 38.8 Å². The van der Waals surface area contributed by atoms with Gasteiger partial charge in [-0.25, -0.2) is 4.98 Å². The second-order valence-corrected chi connectivity index (χ2v) is 12.3. The first-order valence-corrected chi connectivity index (χ1v) is 16.5. The van der Waals surface area contributed by atoms with E-state index in [1.165, 1.54) is 11.1 Å². The zero-order valence-corrected chi connectivity index (χ0v) is 27.5. The number of carbonyl (C=O) groups is 2. The lowest BCUT2D eigenvalue weighted by Crippen LogP contribution is -2.46. The molecule has 0 radical (unpaired) electrons. The van der Waals surface area contributed by atoms with Crippen molar-refractivity contribution < 1.29 is 28.9 Å². The summed E-state index contributed by atoms with van der Waals surface area (Å²) in [5.41, 5.74) is 1.91. The van der Waals surface area contributed by atoms with Gasteiger partial charge in [0.15, 0.2) is 0 Å². The Morgan fingerprint density at radius 3 is 2.21 bits per heavy atom. The number of hydrogen-bond donors (Lipinski definition) is 4. The van der Waals surface area contributed by atoms with E-state index in [-0.39, 0.29) is 42.4 Å². The van der Waals surface area contributed by atoms with Crippen LogP contribution in [-0.4, -0.2) is 100 Å². The normalized spacial score (nSPS) is 16.0. The molecule has 254 valence electrons. The number of anilines is 1. The summed E-state index contributed by atoms with van der Waals surface area (Å²) in [6, 6.07) is 10.1. The van der Waals surface area contributed by atoms with Crippen LogP contribution in [0.25, 0.3) is 22.4 Å². The molecule has 48 heavy (non-hydrogen) atoms. The summed E-state index contributed by atoms with van der Waals surface area (Å²) in [4.78, 5) is 53.8.